The molecule has 0 aliphatic heterocycles. The maximum absolute atomic E-state index is 13.8. The lowest BCUT2D eigenvalue weighted by molar-refractivity contribution is 0.0945. The van der Waals surface area contributed by atoms with Crippen molar-refractivity contribution in [3.8, 4) is 0 Å². The molecule has 0 spiro atoms. The van der Waals surface area contributed by atoms with Crippen molar-refractivity contribution >= 4 is 11.4 Å². The van der Waals surface area contributed by atoms with Crippen molar-refractivity contribution in [3.05, 3.63) is 23.0 Å². The lowest BCUT2D eigenvalue weighted by Gasteiger charge is -2.22. The van der Waals surface area contributed by atoms with Gasteiger partial charge in [0.05, 0.1) is 17.0 Å². The van der Waals surface area contributed by atoms with Gasteiger partial charge in [-0.1, -0.05) is 0 Å². The summed E-state index contributed by atoms with van der Waals surface area (Å²) in [7, 11) is 0. The van der Waals surface area contributed by atoms with Gasteiger partial charge in [0.15, 0.2) is 0 Å². The van der Waals surface area contributed by atoms with Gasteiger partial charge in [0, 0.05) is 12.1 Å². The minimum atomic E-state index is -0.875. The third kappa shape index (κ3) is 3.31. The van der Waals surface area contributed by atoms with Gasteiger partial charge in [0.1, 0.15) is 5.82 Å². The lowest BCUT2D eigenvalue weighted by atomic mass is 10.1. The molecule has 4 nitrogen and oxygen atoms in total. The number of nitrogens with two attached hydrogens (primary N) is 1. The molecule has 0 fully saturated rings. The fourth-order valence-electron chi connectivity index (χ4n) is 1.61. The topological polar surface area (TPSA) is 70.3 Å². The van der Waals surface area contributed by atoms with E-state index in [9.17, 15) is 9.50 Å². The van der Waals surface area contributed by atoms with Crippen LogP contribution in [0.25, 0.3) is 0 Å². The van der Waals surface area contributed by atoms with Crippen LogP contribution in [0.4, 0.5) is 15.8 Å². The van der Waals surface area contributed by atoms with Gasteiger partial charge in [0.2, 0.25) is 0 Å². The molecule has 96 valence electrons. The van der Waals surface area contributed by atoms with Gasteiger partial charge < -0.3 is 15.8 Å². The summed E-state index contributed by atoms with van der Waals surface area (Å²) in [6, 6.07) is 1.63. The lowest BCUT2D eigenvalue weighted by Crippen LogP contribution is -2.30. The molecule has 1 rings (SSSR count). The van der Waals surface area contributed by atoms with E-state index in [1.165, 1.54) is 0 Å². The minimum absolute atomic E-state index is 0.262. The van der Waals surface area contributed by atoms with Gasteiger partial charge in [-0.05, 0) is 39.3 Å². The Labute approximate surface area is 101 Å². The molecule has 5 heteroatoms. The van der Waals surface area contributed by atoms with E-state index in [0.29, 0.717) is 29.0 Å². The number of hydrazine groups is 1. The fourth-order valence-corrected chi connectivity index (χ4v) is 1.61. The van der Waals surface area contributed by atoms with E-state index >= 15 is 0 Å². The number of aliphatic hydroxyl groups is 1. The van der Waals surface area contributed by atoms with Crippen LogP contribution in [0.2, 0.25) is 0 Å². The number of halogens is 1. The molecule has 1 aromatic carbocycles. The van der Waals surface area contributed by atoms with Crippen molar-refractivity contribution < 1.29 is 9.50 Å². The van der Waals surface area contributed by atoms with Gasteiger partial charge in [-0.15, -0.1) is 0 Å². The molecule has 0 aliphatic rings. The van der Waals surface area contributed by atoms with Crippen LogP contribution >= 0.6 is 0 Å². The third-order valence-corrected chi connectivity index (χ3v) is 2.53. The van der Waals surface area contributed by atoms with Gasteiger partial charge >= 0.3 is 0 Å². The highest BCUT2D eigenvalue weighted by molar-refractivity contribution is 5.73. The highest BCUT2D eigenvalue weighted by atomic mass is 19.1. The summed E-state index contributed by atoms with van der Waals surface area (Å²) in [6.45, 7) is 7.02. The molecule has 0 unspecified atom stereocenters. The van der Waals surface area contributed by atoms with Crippen molar-refractivity contribution in [2.24, 2.45) is 5.84 Å². The standard InChI is InChI=1S/C12H20FN3O/c1-7-5-9(16-14)11(8(2)10(7)13)15-6-12(3,4)17/h5,15-17H,6,14H2,1-4H3. The molecule has 1 aromatic rings. The normalized spacial score (nSPS) is 11.5. The molecule has 0 bridgehead atoms. The van der Waals surface area contributed by atoms with Crippen molar-refractivity contribution in [2.45, 2.75) is 33.3 Å². The number of benzene rings is 1. The van der Waals surface area contributed by atoms with Crippen LogP contribution in [0.3, 0.4) is 0 Å². The predicted octanol–water partition coefficient (Wildman–Crippen LogP) is 1.91. The summed E-state index contributed by atoms with van der Waals surface area (Å²) >= 11 is 0. The molecule has 17 heavy (non-hydrogen) atoms. The number of nitrogen functional groups attached to an aromatic ring is 1. The first-order valence-electron chi connectivity index (χ1n) is 5.49. The van der Waals surface area contributed by atoms with Crippen molar-refractivity contribution in [3.63, 3.8) is 0 Å². The molecule has 0 saturated heterocycles. The Bertz CT molecular complexity index is 413. The van der Waals surface area contributed by atoms with Gasteiger partial charge in [-0.25, -0.2) is 4.39 Å². The highest BCUT2D eigenvalue weighted by Gasteiger charge is 2.16. The van der Waals surface area contributed by atoms with Gasteiger partial charge in [-0.2, -0.15) is 0 Å². The van der Waals surface area contributed by atoms with E-state index in [-0.39, 0.29) is 5.82 Å². The summed E-state index contributed by atoms with van der Waals surface area (Å²) < 4.78 is 13.8. The van der Waals surface area contributed by atoms with E-state index < -0.39 is 5.60 Å². The van der Waals surface area contributed by atoms with Gasteiger partial charge in [0.25, 0.3) is 0 Å². The molecule has 0 heterocycles. The first kappa shape index (κ1) is 13.7. The Hall–Kier alpha value is -1.33. The van der Waals surface area contributed by atoms with E-state index in [2.05, 4.69) is 10.7 Å². The van der Waals surface area contributed by atoms with Crippen molar-refractivity contribution in [1.29, 1.82) is 0 Å². The Kier molecular flexibility index (Phi) is 3.95. The molecule has 0 atom stereocenters. The van der Waals surface area contributed by atoms with Crippen LogP contribution in [0.5, 0.6) is 0 Å². The number of anilines is 2. The molecule has 0 radical (unpaired) electrons. The van der Waals surface area contributed by atoms with E-state index in [1.54, 1.807) is 33.8 Å². The number of nitrogens with one attached hydrogen (secondary N) is 2. The van der Waals surface area contributed by atoms with Crippen LogP contribution in [-0.4, -0.2) is 17.3 Å². The van der Waals surface area contributed by atoms with E-state index in [4.69, 9.17) is 5.84 Å². The minimum Gasteiger partial charge on any atom is -0.389 e. The van der Waals surface area contributed by atoms with E-state index in [1.807, 2.05) is 0 Å². The van der Waals surface area contributed by atoms with Crippen LogP contribution in [-0.2, 0) is 0 Å². The summed E-state index contributed by atoms with van der Waals surface area (Å²) in [6.07, 6.45) is 0. The largest absolute Gasteiger partial charge is 0.389 e. The Morgan fingerprint density at radius 3 is 2.47 bits per heavy atom. The van der Waals surface area contributed by atoms with Crippen LogP contribution in [0.1, 0.15) is 25.0 Å². The zero-order valence-corrected chi connectivity index (χ0v) is 10.7. The van der Waals surface area contributed by atoms with Crippen LogP contribution < -0.4 is 16.6 Å². The second kappa shape index (κ2) is 4.89. The molecule has 0 aromatic heterocycles. The molecule has 0 aliphatic carbocycles. The quantitative estimate of drug-likeness (QED) is 0.480. The van der Waals surface area contributed by atoms with Crippen molar-refractivity contribution in [1.82, 2.24) is 0 Å². The predicted molar refractivity (Wildman–Crippen MR) is 68.5 cm³/mol. The first-order chi connectivity index (χ1) is 7.76. The first-order valence-corrected chi connectivity index (χ1v) is 5.49. The summed E-state index contributed by atoms with van der Waals surface area (Å²) in [5.41, 5.74) is 3.87. The Morgan fingerprint density at radius 2 is 2.00 bits per heavy atom. The second-order valence-electron chi connectivity index (χ2n) is 4.87. The molecule has 0 saturated carbocycles. The number of hydrogen-bond donors (Lipinski definition) is 4. The smallest absolute Gasteiger partial charge is 0.131 e. The Balaban J connectivity index is 3.09. The summed E-state index contributed by atoms with van der Waals surface area (Å²) in [5, 5.41) is 12.7. The Morgan fingerprint density at radius 1 is 1.41 bits per heavy atom. The zero-order valence-electron chi connectivity index (χ0n) is 10.7. The average molecular weight is 241 g/mol. The summed E-state index contributed by atoms with van der Waals surface area (Å²) in [5.74, 6) is 5.14. The maximum Gasteiger partial charge on any atom is 0.131 e. The van der Waals surface area contributed by atoms with E-state index in [0.717, 1.165) is 0 Å². The third-order valence-electron chi connectivity index (χ3n) is 2.53. The average Bonchev–Trinajstić information content (AvgIpc) is 2.22. The molecule has 5 N–H and O–H groups in total. The molecular formula is C12H20FN3O. The van der Waals surface area contributed by atoms with Crippen LogP contribution in [0, 0.1) is 19.7 Å². The highest BCUT2D eigenvalue weighted by Crippen LogP contribution is 2.30. The number of aryl methyl sites for hydroxylation is 1. The molecular weight excluding hydrogens is 221 g/mol. The molecule has 0 amide bonds. The zero-order chi connectivity index (χ0) is 13.2. The van der Waals surface area contributed by atoms with Crippen LogP contribution in [0.15, 0.2) is 6.07 Å². The maximum atomic E-state index is 13.8. The number of hydrogen-bond acceptors (Lipinski definition) is 4. The van der Waals surface area contributed by atoms with Gasteiger partial charge in [-0.3, -0.25) is 5.84 Å². The SMILES string of the molecule is Cc1cc(NN)c(NCC(C)(C)O)c(C)c1F. The monoisotopic (exact) mass is 241 g/mol. The second-order valence-corrected chi connectivity index (χ2v) is 4.87. The summed E-state index contributed by atoms with van der Waals surface area (Å²) in [4.78, 5) is 0. The fraction of sp³-hybridized carbons (Fsp3) is 0.500. The van der Waals surface area contributed by atoms with Crippen molar-refractivity contribution in [2.75, 3.05) is 17.3 Å². The number of rotatable bonds is 4.